The first kappa shape index (κ1) is 12.8. The summed E-state index contributed by atoms with van der Waals surface area (Å²) in [6, 6.07) is 10.2. The van der Waals surface area contributed by atoms with Crippen LogP contribution in [0.2, 0.25) is 0 Å². The van der Waals surface area contributed by atoms with Gasteiger partial charge in [-0.2, -0.15) is 0 Å². The van der Waals surface area contributed by atoms with Crippen molar-refractivity contribution in [1.82, 2.24) is 0 Å². The van der Waals surface area contributed by atoms with Crippen molar-refractivity contribution >= 4 is 28.9 Å². The van der Waals surface area contributed by atoms with E-state index in [-0.39, 0.29) is 28.2 Å². The van der Waals surface area contributed by atoms with Crippen molar-refractivity contribution in [2.45, 2.75) is 0 Å². The van der Waals surface area contributed by atoms with Gasteiger partial charge in [0.05, 0.1) is 21.7 Å². The number of nitro groups is 1. The maximum atomic E-state index is 12.3. The molecule has 7 nitrogen and oxygen atoms in total. The maximum Gasteiger partial charge on any atom is 0.294 e. The minimum Gasteiger partial charge on any atom is -0.393 e. The molecule has 2 aromatic carbocycles. The Morgan fingerprint density at radius 3 is 2.10 bits per heavy atom. The minimum absolute atomic E-state index is 0.0274. The molecule has 7 heteroatoms. The molecular weight excluding hydrogens is 274 g/mol. The van der Waals surface area contributed by atoms with E-state index in [1.807, 2.05) is 0 Å². The second-order valence-corrected chi connectivity index (χ2v) is 4.49. The van der Waals surface area contributed by atoms with E-state index in [1.165, 1.54) is 12.1 Å². The van der Waals surface area contributed by atoms with E-state index < -0.39 is 16.7 Å². The molecule has 1 heterocycles. The molecule has 21 heavy (non-hydrogen) atoms. The first-order valence-electron chi connectivity index (χ1n) is 6.02. The van der Waals surface area contributed by atoms with Crippen molar-refractivity contribution in [2.75, 3.05) is 10.6 Å². The zero-order valence-corrected chi connectivity index (χ0v) is 10.6. The molecule has 0 fully saturated rings. The molecule has 0 bridgehead atoms. The van der Waals surface area contributed by atoms with Crippen LogP contribution in [0.25, 0.3) is 0 Å². The first-order chi connectivity index (χ1) is 10.0. The smallest absolute Gasteiger partial charge is 0.294 e. The number of carbonyl (C=O) groups excluding carboxylic acids is 2. The summed E-state index contributed by atoms with van der Waals surface area (Å²) in [5, 5.41) is 10.9. The van der Waals surface area contributed by atoms with E-state index >= 15 is 0 Å². The number of carbonyl (C=O) groups is 2. The SMILES string of the molecule is Nc1ccc(N2C(=O)c3ccccc3C2=O)cc1[N+](=O)[O-]. The van der Waals surface area contributed by atoms with E-state index in [1.54, 1.807) is 24.3 Å². The molecule has 2 amide bonds. The molecule has 0 aliphatic carbocycles. The average Bonchev–Trinajstić information content (AvgIpc) is 2.72. The monoisotopic (exact) mass is 283 g/mol. The summed E-state index contributed by atoms with van der Waals surface area (Å²) in [4.78, 5) is 35.7. The third-order valence-electron chi connectivity index (χ3n) is 3.26. The summed E-state index contributed by atoms with van der Waals surface area (Å²) in [5.41, 5.74) is 5.83. The predicted octanol–water partition coefficient (Wildman–Crippen LogP) is 1.98. The van der Waals surface area contributed by atoms with Gasteiger partial charge in [-0.15, -0.1) is 0 Å². The number of hydrogen-bond donors (Lipinski definition) is 1. The van der Waals surface area contributed by atoms with Gasteiger partial charge in [-0.25, -0.2) is 4.90 Å². The van der Waals surface area contributed by atoms with Crippen molar-refractivity contribution in [2.24, 2.45) is 0 Å². The van der Waals surface area contributed by atoms with Gasteiger partial charge in [0.1, 0.15) is 5.69 Å². The molecule has 104 valence electrons. The summed E-state index contributed by atoms with van der Waals surface area (Å²) in [5.74, 6) is -1.01. The molecule has 2 N–H and O–H groups in total. The van der Waals surface area contributed by atoms with Gasteiger partial charge in [-0.1, -0.05) is 12.1 Å². The number of anilines is 2. The number of amides is 2. The van der Waals surface area contributed by atoms with Crippen LogP contribution in [0.1, 0.15) is 20.7 Å². The van der Waals surface area contributed by atoms with E-state index in [0.717, 1.165) is 11.0 Å². The normalized spacial score (nSPS) is 13.4. The summed E-state index contributed by atoms with van der Waals surface area (Å²) >= 11 is 0. The highest BCUT2D eigenvalue weighted by Crippen LogP contribution is 2.32. The number of nitrogens with zero attached hydrogens (tertiary/aromatic N) is 2. The number of rotatable bonds is 2. The molecule has 2 aromatic rings. The second-order valence-electron chi connectivity index (χ2n) is 4.49. The Kier molecular flexibility index (Phi) is 2.69. The molecule has 1 aliphatic heterocycles. The molecule has 0 saturated heterocycles. The molecule has 0 unspecified atom stereocenters. The average molecular weight is 283 g/mol. The van der Waals surface area contributed by atoms with E-state index in [0.29, 0.717) is 0 Å². The number of fused-ring (bicyclic) bond motifs is 1. The molecule has 3 rings (SSSR count). The lowest BCUT2D eigenvalue weighted by molar-refractivity contribution is -0.383. The van der Waals surface area contributed by atoms with Crippen LogP contribution in [0.3, 0.4) is 0 Å². The summed E-state index contributed by atoms with van der Waals surface area (Å²) in [7, 11) is 0. The van der Waals surface area contributed by atoms with Crippen LogP contribution in [-0.2, 0) is 0 Å². The fraction of sp³-hybridized carbons (Fsp3) is 0. The Morgan fingerprint density at radius 1 is 1.00 bits per heavy atom. The number of imide groups is 1. The largest absolute Gasteiger partial charge is 0.393 e. The molecule has 0 atom stereocenters. The topological polar surface area (TPSA) is 107 Å². The van der Waals surface area contributed by atoms with Gasteiger partial charge in [0, 0.05) is 6.07 Å². The van der Waals surface area contributed by atoms with Crippen LogP contribution in [0.15, 0.2) is 42.5 Å². The number of nitro benzene ring substituents is 1. The lowest BCUT2D eigenvalue weighted by atomic mass is 10.1. The zero-order valence-electron chi connectivity index (χ0n) is 10.6. The van der Waals surface area contributed by atoms with E-state index in [9.17, 15) is 19.7 Å². The Balaban J connectivity index is 2.11. The fourth-order valence-electron chi connectivity index (χ4n) is 2.25. The van der Waals surface area contributed by atoms with Gasteiger partial charge in [0.25, 0.3) is 17.5 Å². The number of hydrogen-bond acceptors (Lipinski definition) is 5. The summed E-state index contributed by atoms with van der Waals surface area (Å²) in [6.07, 6.45) is 0. The lowest BCUT2D eigenvalue weighted by Crippen LogP contribution is -2.29. The molecule has 0 aromatic heterocycles. The quantitative estimate of drug-likeness (QED) is 0.392. The van der Waals surface area contributed by atoms with Gasteiger partial charge in [0.2, 0.25) is 0 Å². The van der Waals surface area contributed by atoms with E-state index in [4.69, 9.17) is 5.73 Å². The Morgan fingerprint density at radius 2 is 1.57 bits per heavy atom. The van der Waals surface area contributed by atoms with Crippen LogP contribution in [0.5, 0.6) is 0 Å². The first-order valence-corrected chi connectivity index (χ1v) is 6.02. The molecule has 0 saturated carbocycles. The highest BCUT2D eigenvalue weighted by Gasteiger charge is 2.36. The van der Waals surface area contributed by atoms with E-state index in [2.05, 4.69) is 0 Å². The van der Waals surface area contributed by atoms with Gasteiger partial charge in [0.15, 0.2) is 0 Å². The lowest BCUT2D eigenvalue weighted by Gasteiger charge is -2.13. The maximum absolute atomic E-state index is 12.3. The second kappa shape index (κ2) is 4.41. The van der Waals surface area contributed by atoms with Crippen LogP contribution < -0.4 is 10.6 Å². The highest BCUT2D eigenvalue weighted by molar-refractivity contribution is 6.34. The number of benzene rings is 2. The predicted molar refractivity (Wildman–Crippen MR) is 75.1 cm³/mol. The summed E-state index contributed by atoms with van der Waals surface area (Å²) in [6.45, 7) is 0. The molecule has 1 aliphatic rings. The minimum atomic E-state index is -0.656. The molecule has 0 radical (unpaired) electrons. The van der Waals surface area contributed by atoms with Crippen LogP contribution in [0, 0.1) is 10.1 Å². The Labute approximate surface area is 118 Å². The zero-order chi connectivity index (χ0) is 15.1. The van der Waals surface area contributed by atoms with Crippen LogP contribution in [0.4, 0.5) is 17.1 Å². The van der Waals surface area contributed by atoms with Crippen molar-refractivity contribution in [3.63, 3.8) is 0 Å². The third-order valence-corrected chi connectivity index (χ3v) is 3.26. The number of nitrogen functional groups attached to an aromatic ring is 1. The van der Waals surface area contributed by atoms with Crippen molar-refractivity contribution in [3.8, 4) is 0 Å². The third kappa shape index (κ3) is 1.83. The van der Waals surface area contributed by atoms with Crippen LogP contribution in [-0.4, -0.2) is 16.7 Å². The van der Waals surface area contributed by atoms with Crippen molar-refractivity contribution < 1.29 is 14.5 Å². The van der Waals surface area contributed by atoms with Crippen molar-refractivity contribution in [3.05, 3.63) is 63.7 Å². The Hall–Kier alpha value is -3.22. The number of nitrogens with two attached hydrogens (primary N) is 1. The van der Waals surface area contributed by atoms with Crippen molar-refractivity contribution in [1.29, 1.82) is 0 Å². The molecular formula is C14H9N3O4. The van der Waals surface area contributed by atoms with Gasteiger partial charge < -0.3 is 5.73 Å². The van der Waals surface area contributed by atoms with Gasteiger partial charge in [-0.3, -0.25) is 19.7 Å². The highest BCUT2D eigenvalue weighted by atomic mass is 16.6. The molecule has 0 spiro atoms. The van der Waals surface area contributed by atoms with Gasteiger partial charge >= 0.3 is 0 Å². The van der Waals surface area contributed by atoms with Gasteiger partial charge in [-0.05, 0) is 24.3 Å². The fourth-order valence-corrected chi connectivity index (χ4v) is 2.25. The Bertz CT molecular complexity index is 766. The standard InChI is InChI=1S/C14H9N3O4/c15-11-6-5-8(7-12(11)17(20)21)16-13(18)9-3-1-2-4-10(9)14(16)19/h1-7H,15H2. The summed E-state index contributed by atoms with van der Waals surface area (Å²) < 4.78 is 0. The van der Waals surface area contributed by atoms with Crippen LogP contribution >= 0.6 is 0 Å².